The Kier molecular flexibility index (Phi) is 9.06. The standard InChI is InChI=1S/C18H27N3O.2ClH/c19-17(13-15-7-3-1-4-8-15)18(22)21-12-9-16(14-21)20-10-5-2-6-11-20;;/h1,3-4,7-8,16-17H,2,5-6,9-14,19H2;2*1H. The van der Waals surface area contributed by atoms with Crippen LogP contribution in [0.4, 0.5) is 0 Å². The van der Waals surface area contributed by atoms with E-state index in [0.29, 0.717) is 12.5 Å². The summed E-state index contributed by atoms with van der Waals surface area (Å²) in [5.74, 6) is 0.114. The third-order valence-electron chi connectivity index (χ3n) is 5.00. The second-order valence-corrected chi connectivity index (χ2v) is 6.62. The van der Waals surface area contributed by atoms with E-state index < -0.39 is 6.04 Å². The Bertz CT molecular complexity index is 494. The Morgan fingerprint density at radius 1 is 1.08 bits per heavy atom. The van der Waals surface area contributed by atoms with Crippen molar-refractivity contribution in [2.45, 2.75) is 44.2 Å². The number of amides is 1. The average Bonchev–Trinajstić information content (AvgIpc) is 3.06. The van der Waals surface area contributed by atoms with Gasteiger partial charge in [-0.2, -0.15) is 0 Å². The van der Waals surface area contributed by atoms with E-state index in [1.54, 1.807) is 0 Å². The van der Waals surface area contributed by atoms with E-state index in [2.05, 4.69) is 4.90 Å². The molecule has 0 aromatic heterocycles. The molecule has 136 valence electrons. The molecule has 0 bridgehead atoms. The summed E-state index contributed by atoms with van der Waals surface area (Å²) in [5, 5.41) is 0. The van der Waals surface area contributed by atoms with Crippen LogP contribution in [-0.4, -0.2) is 54.0 Å². The third kappa shape index (κ3) is 5.35. The van der Waals surface area contributed by atoms with Gasteiger partial charge in [-0.1, -0.05) is 36.8 Å². The minimum absolute atomic E-state index is 0. The van der Waals surface area contributed by atoms with Crippen molar-refractivity contribution < 1.29 is 4.79 Å². The van der Waals surface area contributed by atoms with Gasteiger partial charge in [-0.3, -0.25) is 9.69 Å². The minimum atomic E-state index is -0.414. The number of carbonyl (C=O) groups is 1. The lowest BCUT2D eigenvalue weighted by molar-refractivity contribution is -0.131. The van der Waals surface area contributed by atoms with Crippen LogP contribution in [0.3, 0.4) is 0 Å². The quantitative estimate of drug-likeness (QED) is 0.881. The summed E-state index contributed by atoms with van der Waals surface area (Å²) in [7, 11) is 0. The van der Waals surface area contributed by atoms with Crippen LogP contribution in [0.15, 0.2) is 30.3 Å². The summed E-state index contributed by atoms with van der Waals surface area (Å²) >= 11 is 0. The molecule has 2 fully saturated rings. The van der Waals surface area contributed by atoms with Gasteiger partial charge < -0.3 is 10.6 Å². The second-order valence-electron chi connectivity index (χ2n) is 6.62. The number of hydrogen-bond donors (Lipinski definition) is 1. The number of nitrogens with zero attached hydrogens (tertiary/aromatic N) is 2. The number of nitrogens with two attached hydrogens (primary N) is 1. The molecule has 2 atom stereocenters. The maximum Gasteiger partial charge on any atom is 0.239 e. The molecule has 2 heterocycles. The highest BCUT2D eigenvalue weighted by atomic mass is 35.5. The molecule has 2 saturated heterocycles. The third-order valence-corrected chi connectivity index (χ3v) is 5.00. The summed E-state index contributed by atoms with van der Waals surface area (Å²) in [5.41, 5.74) is 7.28. The average molecular weight is 374 g/mol. The van der Waals surface area contributed by atoms with Gasteiger partial charge in [0.15, 0.2) is 0 Å². The number of halogens is 2. The number of rotatable bonds is 4. The topological polar surface area (TPSA) is 49.6 Å². The zero-order valence-corrected chi connectivity index (χ0v) is 15.7. The SMILES string of the molecule is Cl.Cl.NC(Cc1ccccc1)C(=O)N1CCC(N2CCCCC2)C1. The smallest absolute Gasteiger partial charge is 0.239 e. The molecular weight excluding hydrogens is 345 g/mol. The van der Waals surface area contributed by atoms with E-state index in [0.717, 1.165) is 25.1 Å². The Morgan fingerprint density at radius 3 is 2.42 bits per heavy atom. The van der Waals surface area contributed by atoms with E-state index in [9.17, 15) is 4.79 Å². The Hall–Kier alpha value is -0.810. The van der Waals surface area contributed by atoms with Gasteiger partial charge in [-0.25, -0.2) is 0 Å². The molecule has 2 aliphatic rings. The van der Waals surface area contributed by atoms with Crippen molar-refractivity contribution in [1.82, 2.24) is 9.80 Å². The Morgan fingerprint density at radius 2 is 1.75 bits per heavy atom. The molecular formula is C18H29Cl2N3O. The van der Waals surface area contributed by atoms with Gasteiger partial charge >= 0.3 is 0 Å². The lowest BCUT2D eigenvalue weighted by Crippen LogP contribution is -2.46. The van der Waals surface area contributed by atoms with Crippen LogP contribution in [-0.2, 0) is 11.2 Å². The van der Waals surface area contributed by atoms with E-state index in [4.69, 9.17) is 5.73 Å². The zero-order valence-electron chi connectivity index (χ0n) is 14.1. The van der Waals surface area contributed by atoms with Gasteiger partial charge in [0.2, 0.25) is 5.91 Å². The van der Waals surface area contributed by atoms with Gasteiger partial charge in [0.25, 0.3) is 0 Å². The molecule has 0 spiro atoms. The molecule has 2 N–H and O–H groups in total. The fourth-order valence-electron chi connectivity index (χ4n) is 3.71. The number of piperidine rings is 1. The van der Waals surface area contributed by atoms with E-state index in [1.165, 1.54) is 32.4 Å². The van der Waals surface area contributed by atoms with E-state index in [1.807, 2.05) is 35.2 Å². The zero-order chi connectivity index (χ0) is 15.4. The normalized spacial score (nSPS) is 22.4. The molecule has 1 aromatic carbocycles. The highest BCUT2D eigenvalue weighted by Gasteiger charge is 2.32. The fraction of sp³-hybridized carbons (Fsp3) is 0.611. The molecule has 4 nitrogen and oxygen atoms in total. The van der Waals surface area contributed by atoms with Crippen molar-refractivity contribution in [2.75, 3.05) is 26.2 Å². The monoisotopic (exact) mass is 373 g/mol. The molecule has 0 radical (unpaired) electrons. The van der Waals surface area contributed by atoms with Crippen LogP contribution in [0, 0.1) is 0 Å². The summed E-state index contributed by atoms with van der Waals surface area (Å²) in [6, 6.07) is 10.2. The predicted molar refractivity (Wildman–Crippen MR) is 103 cm³/mol. The molecule has 0 saturated carbocycles. The van der Waals surface area contributed by atoms with Gasteiger partial charge in [0, 0.05) is 19.1 Å². The second kappa shape index (κ2) is 10.2. The molecule has 24 heavy (non-hydrogen) atoms. The Labute approximate surface area is 157 Å². The first-order valence-electron chi connectivity index (χ1n) is 8.56. The summed E-state index contributed by atoms with van der Waals surface area (Å²) in [6.45, 7) is 4.12. The van der Waals surface area contributed by atoms with E-state index >= 15 is 0 Å². The van der Waals surface area contributed by atoms with Crippen molar-refractivity contribution in [1.29, 1.82) is 0 Å². The predicted octanol–water partition coefficient (Wildman–Crippen LogP) is 2.49. The summed E-state index contributed by atoms with van der Waals surface area (Å²) in [6.07, 6.45) is 5.69. The molecule has 2 aliphatic heterocycles. The van der Waals surface area contributed by atoms with Crippen LogP contribution in [0.25, 0.3) is 0 Å². The number of hydrogen-bond acceptors (Lipinski definition) is 3. The lowest BCUT2D eigenvalue weighted by Gasteiger charge is -2.32. The fourth-order valence-corrected chi connectivity index (χ4v) is 3.71. The molecule has 3 rings (SSSR count). The molecule has 6 heteroatoms. The molecule has 1 aromatic rings. The number of carbonyl (C=O) groups excluding carboxylic acids is 1. The van der Waals surface area contributed by atoms with Crippen molar-refractivity contribution in [2.24, 2.45) is 5.73 Å². The summed E-state index contributed by atoms with van der Waals surface area (Å²) < 4.78 is 0. The van der Waals surface area contributed by atoms with E-state index in [-0.39, 0.29) is 30.7 Å². The summed E-state index contributed by atoms with van der Waals surface area (Å²) in [4.78, 5) is 17.1. The largest absolute Gasteiger partial charge is 0.340 e. The van der Waals surface area contributed by atoms with Crippen molar-refractivity contribution in [3.05, 3.63) is 35.9 Å². The molecule has 1 amide bonds. The van der Waals surface area contributed by atoms with Gasteiger partial charge in [-0.15, -0.1) is 24.8 Å². The van der Waals surface area contributed by atoms with Gasteiger partial charge in [-0.05, 0) is 44.3 Å². The van der Waals surface area contributed by atoms with Crippen molar-refractivity contribution in [3.8, 4) is 0 Å². The first kappa shape index (κ1) is 21.2. The maximum atomic E-state index is 12.6. The number of likely N-dealkylation sites (tertiary alicyclic amines) is 2. The maximum absolute atomic E-state index is 12.6. The number of benzene rings is 1. The van der Waals surface area contributed by atoms with Crippen LogP contribution in [0.5, 0.6) is 0 Å². The van der Waals surface area contributed by atoms with Crippen molar-refractivity contribution >= 4 is 30.7 Å². The van der Waals surface area contributed by atoms with Crippen LogP contribution >= 0.6 is 24.8 Å². The van der Waals surface area contributed by atoms with Crippen LogP contribution < -0.4 is 5.73 Å². The van der Waals surface area contributed by atoms with Gasteiger partial charge in [0.05, 0.1) is 6.04 Å². The minimum Gasteiger partial charge on any atom is -0.340 e. The Balaban J connectivity index is 0.00000144. The van der Waals surface area contributed by atoms with Crippen molar-refractivity contribution in [3.63, 3.8) is 0 Å². The highest BCUT2D eigenvalue weighted by molar-refractivity contribution is 5.85. The molecule has 2 unspecified atom stereocenters. The highest BCUT2D eigenvalue weighted by Crippen LogP contribution is 2.20. The van der Waals surface area contributed by atoms with Crippen LogP contribution in [0.2, 0.25) is 0 Å². The van der Waals surface area contributed by atoms with Crippen LogP contribution in [0.1, 0.15) is 31.2 Å². The van der Waals surface area contributed by atoms with Gasteiger partial charge in [0.1, 0.15) is 0 Å². The first-order chi connectivity index (χ1) is 10.7. The lowest BCUT2D eigenvalue weighted by atomic mass is 10.1. The first-order valence-corrected chi connectivity index (χ1v) is 8.56. The molecule has 0 aliphatic carbocycles.